The number of carbonyl (C=O) groups is 2. The van der Waals surface area contributed by atoms with Crippen molar-refractivity contribution in [2.24, 2.45) is 0 Å². The van der Waals surface area contributed by atoms with Crippen LogP contribution in [-0.2, 0) is 19.1 Å². The molecular weight excluding hydrogens is 338 g/mol. The summed E-state index contributed by atoms with van der Waals surface area (Å²) in [4.78, 5) is 23.5. The summed E-state index contributed by atoms with van der Waals surface area (Å²) in [6, 6.07) is -1.18. The Hall–Kier alpha value is -1.30. The minimum atomic E-state index is -2.25. The molecule has 146 valence electrons. The van der Waals surface area contributed by atoms with Gasteiger partial charge in [-0.3, -0.25) is 4.79 Å². The molecule has 1 fully saturated rings. The lowest BCUT2D eigenvalue weighted by Crippen LogP contribution is -2.67. The molecule has 10 heteroatoms. The van der Waals surface area contributed by atoms with Gasteiger partial charge in [0.25, 0.3) is 5.79 Å². The van der Waals surface area contributed by atoms with Crippen LogP contribution in [0.1, 0.15) is 32.6 Å². The lowest BCUT2D eigenvalue weighted by atomic mass is 9.88. The van der Waals surface area contributed by atoms with Gasteiger partial charge in [0.15, 0.2) is 0 Å². The minimum Gasteiger partial charge on any atom is -0.477 e. The van der Waals surface area contributed by atoms with Gasteiger partial charge in [-0.05, 0) is 6.42 Å². The maximum atomic E-state index is 12.0. The van der Waals surface area contributed by atoms with Crippen LogP contribution < -0.4 is 5.32 Å². The topological polar surface area (TPSA) is 166 Å². The number of aliphatic carboxylic acids is 1. The van der Waals surface area contributed by atoms with Crippen molar-refractivity contribution in [3.63, 3.8) is 0 Å². The molecule has 1 rings (SSSR count). The van der Waals surface area contributed by atoms with Gasteiger partial charge >= 0.3 is 5.97 Å². The second-order valence-electron chi connectivity index (χ2n) is 6.05. The van der Waals surface area contributed by atoms with Crippen LogP contribution in [0.3, 0.4) is 0 Å². The Balaban J connectivity index is 3.07. The highest BCUT2D eigenvalue weighted by molar-refractivity contribution is 5.77. The maximum Gasteiger partial charge on any atom is 0.364 e. The number of hydrogen-bond donors (Lipinski definition) is 6. The van der Waals surface area contributed by atoms with Crippen molar-refractivity contribution in [3.8, 4) is 0 Å². The van der Waals surface area contributed by atoms with E-state index in [1.54, 1.807) is 0 Å². The number of unbranched alkanes of at least 4 members (excludes halogenated alkanes) is 1. The predicted molar refractivity (Wildman–Crippen MR) is 83.4 cm³/mol. The Kier molecular flexibility index (Phi) is 8.19. The molecule has 25 heavy (non-hydrogen) atoms. The fourth-order valence-corrected chi connectivity index (χ4v) is 2.70. The molecule has 0 spiro atoms. The first-order valence-corrected chi connectivity index (χ1v) is 8.13. The average Bonchev–Trinajstić information content (AvgIpc) is 2.59. The van der Waals surface area contributed by atoms with Crippen LogP contribution in [0.5, 0.6) is 0 Å². The van der Waals surface area contributed by atoms with E-state index < -0.39 is 61.1 Å². The van der Waals surface area contributed by atoms with Gasteiger partial charge in [0.05, 0.1) is 18.8 Å². The van der Waals surface area contributed by atoms with Crippen molar-refractivity contribution in [2.75, 3.05) is 13.7 Å². The largest absolute Gasteiger partial charge is 0.477 e. The Labute approximate surface area is 145 Å². The fourth-order valence-electron chi connectivity index (χ4n) is 2.70. The van der Waals surface area contributed by atoms with Gasteiger partial charge in [-0.15, -0.1) is 0 Å². The molecule has 6 atom stereocenters. The Morgan fingerprint density at radius 2 is 2.04 bits per heavy atom. The molecular formula is C15H27NO9. The first-order valence-electron chi connectivity index (χ1n) is 8.13. The van der Waals surface area contributed by atoms with Gasteiger partial charge in [0.2, 0.25) is 5.91 Å². The second-order valence-corrected chi connectivity index (χ2v) is 6.05. The molecule has 1 heterocycles. The smallest absolute Gasteiger partial charge is 0.364 e. The number of carbonyl (C=O) groups excluding carboxylic acids is 1. The predicted octanol–water partition coefficient (Wildman–Crippen LogP) is -2.05. The molecule has 6 N–H and O–H groups in total. The number of carboxylic acids is 1. The quantitative estimate of drug-likeness (QED) is 0.270. The highest BCUT2D eigenvalue weighted by Gasteiger charge is 2.55. The van der Waals surface area contributed by atoms with Crippen LogP contribution in [0.25, 0.3) is 0 Å². The molecule has 0 aliphatic carbocycles. The molecule has 0 bridgehead atoms. The summed E-state index contributed by atoms with van der Waals surface area (Å²) in [6.07, 6.45) is -5.26. The normalized spacial score (nSPS) is 32.0. The maximum absolute atomic E-state index is 12.0. The van der Waals surface area contributed by atoms with Crippen LogP contribution in [0.4, 0.5) is 0 Å². The third kappa shape index (κ3) is 5.09. The van der Waals surface area contributed by atoms with Gasteiger partial charge < -0.3 is 40.3 Å². The highest BCUT2D eigenvalue weighted by atomic mass is 16.7. The molecule has 1 saturated heterocycles. The first-order chi connectivity index (χ1) is 11.7. The van der Waals surface area contributed by atoms with E-state index in [0.29, 0.717) is 6.42 Å². The number of nitrogens with one attached hydrogen (secondary N) is 1. The molecule has 1 amide bonds. The third-order valence-electron chi connectivity index (χ3n) is 4.23. The van der Waals surface area contributed by atoms with Gasteiger partial charge in [-0.2, -0.15) is 0 Å². The molecule has 10 nitrogen and oxygen atoms in total. The number of rotatable bonds is 9. The van der Waals surface area contributed by atoms with Crippen LogP contribution in [-0.4, -0.2) is 87.4 Å². The van der Waals surface area contributed by atoms with E-state index in [4.69, 9.17) is 14.6 Å². The summed E-state index contributed by atoms with van der Waals surface area (Å²) in [6.45, 7) is 1.08. The fraction of sp³-hybridized carbons (Fsp3) is 0.867. The lowest BCUT2D eigenvalue weighted by molar-refractivity contribution is -0.303. The van der Waals surface area contributed by atoms with Gasteiger partial charge in [0, 0.05) is 20.0 Å². The van der Waals surface area contributed by atoms with Crippen molar-refractivity contribution in [2.45, 2.75) is 68.9 Å². The van der Waals surface area contributed by atoms with Crippen molar-refractivity contribution >= 4 is 11.9 Å². The zero-order valence-corrected chi connectivity index (χ0v) is 14.3. The SMILES string of the molecule is CCCCC(=O)N[C@H]1[C@H]([C@H](O)[C@H](O)CO)O[C@](OC)(C(=O)O)C[C@@H]1O. The molecule has 1 aliphatic heterocycles. The van der Waals surface area contributed by atoms with Crippen molar-refractivity contribution < 1.29 is 44.6 Å². The van der Waals surface area contributed by atoms with Crippen LogP contribution in [0.2, 0.25) is 0 Å². The van der Waals surface area contributed by atoms with E-state index in [1.165, 1.54) is 0 Å². The summed E-state index contributed by atoms with van der Waals surface area (Å²) in [5.41, 5.74) is 0. The van der Waals surface area contributed by atoms with E-state index in [-0.39, 0.29) is 6.42 Å². The lowest BCUT2D eigenvalue weighted by Gasteiger charge is -2.46. The number of amides is 1. The van der Waals surface area contributed by atoms with E-state index >= 15 is 0 Å². The van der Waals surface area contributed by atoms with E-state index in [9.17, 15) is 30.0 Å². The monoisotopic (exact) mass is 365 g/mol. The van der Waals surface area contributed by atoms with Crippen LogP contribution >= 0.6 is 0 Å². The Bertz CT molecular complexity index is 460. The van der Waals surface area contributed by atoms with E-state index in [2.05, 4.69) is 5.32 Å². The number of hydrogen-bond acceptors (Lipinski definition) is 8. The van der Waals surface area contributed by atoms with Crippen molar-refractivity contribution in [3.05, 3.63) is 0 Å². The van der Waals surface area contributed by atoms with Crippen molar-refractivity contribution in [1.29, 1.82) is 0 Å². The Morgan fingerprint density at radius 3 is 2.52 bits per heavy atom. The van der Waals surface area contributed by atoms with Gasteiger partial charge in [0.1, 0.15) is 18.3 Å². The number of methoxy groups -OCH3 is 1. The van der Waals surface area contributed by atoms with Crippen molar-refractivity contribution in [1.82, 2.24) is 5.32 Å². The number of aliphatic hydroxyl groups is 4. The van der Waals surface area contributed by atoms with Gasteiger partial charge in [-0.25, -0.2) is 4.79 Å². The second kappa shape index (κ2) is 9.41. The summed E-state index contributed by atoms with van der Waals surface area (Å²) < 4.78 is 10.2. The molecule has 0 saturated carbocycles. The summed E-state index contributed by atoms with van der Waals surface area (Å²) in [5, 5.41) is 51.1. The number of ether oxygens (including phenoxy) is 2. The zero-order valence-electron chi connectivity index (χ0n) is 14.3. The molecule has 0 aromatic rings. The standard InChI is InChI=1S/C15H27NO9/c1-3-4-5-10(20)16-11-8(18)6-15(24-2,14(22)23)25-13(11)12(21)9(19)7-17/h8-9,11-13,17-19,21H,3-7H2,1-2H3,(H,16,20)(H,22,23)/t8-,9+,11+,12+,13+,15-/m0/s1. The summed E-state index contributed by atoms with van der Waals surface area (Å²) in [7, 11) is 1.06. The van der Waals surface area contributed by atoms with E-state index in [0.717, 1.165) is 13.5 Å². The summed E-state index contributed by atoms with van der Waals surface area (Å²) in [5.74, 6) is -4.18. The number of carboxylic acid groups (broad SMARTS) is 1. The van der Waals surface area contributed by atoms with Crippen LogP contribution in [0.15, 0.2) is 0 Å². The van der Waals surface area contributed by atoms with E-state index in [1.807, 2.05) is 6.92 Å². The molecule has 0 unspecified atom stereocenters. The first kappa shape index (κ1) is 21.7. The van der Waals surface area contributed by atoms with Gasteiger partial charge in [-0.1, -0.05) is 13.3 Å². The molecule has 1 aliphatic rings. The third-order valence-corrected chi connectivity index (χ3v) is 4.23. The molecule has 0 radical (unpaired) electrons. The van der Waals surface area contributed by atoms with Crippen LogP contribution in [0, 0.1) is 0 Å². The Morgan fingerprint density at radius 1 is 1.40 bits per heavy atom. The summed E-state index contributed by atoms with van der Waals surface area (Å²) >= 11 is 0. The average molecular weight is 365 g/mol. The minimum absolute atomic E-state index is 0.180. The zero-order chi connectivity index (χ0) is 19.2. The number of aliphatic hydroxyl groups excluding tert-OH is 4. The molecule has 0 aromatic carbocycles. The molecule has 0 aromatic heterocycles. The highest BCUT2D eigenvalue weighted by Crippen LogP contribution is 2.33.